The number of aromatic nitrogens is 4. The molecule has 2 heterocycles. The van der Waals surface area contributed by atoms with Crippen molar-refractivity contribution < 1.29 is 0 Å². The Balaban J connectivity index is 1.74. The highest BCUT2D eigenvalue weighted by atomic mass is 15.5. The van der Waals surface area contributed by atoms with Gasteiger partial charge in [0, 0.05) is 12.4 Å². The average molecular weight is 343 g/mol. The molecule has 7 nitrogen and oxygen atoms in total. The summed E-state index contributed by atoms with van der Waals surface area (Å²) in [5, 5.41) is 1.93. The van der Waals surface area contributed by atoms with Crippen molar-refractivity contribution in [3.05, 3.63) is 85.7 Å². The van der Waals surface area contributed by atoms with Gasteiger partial charge in [0.05, 0.1) is 11.4 Å². The molecule has 0 aliphatic carbocycles. The number of hydrogen-bond acceptors (Lipinski definition) is 6. The van der Waals surface area contributed by atoms with E-state index in [0.29, 0.717) is 17.3 Å². The Labute approximate surface area is 150 Å². The predicted molar refractivity (Wildman–Crippen MR) is 102 cm³/mol. The van der Waals surface area contributed by atoms with Crippen LogP contribution in [0.2, 0.25) is 0 Å². The summed E-state index contributed by atoms with van der Waals surface area (Å²) in [6.45, 7) is 0. The van der Waals surface area contributed by atoms with Gasteiger partial charge < -0.3 is 5.73 Å². The standard InChI is InChI=1S/C19H17N7/c20-17-18(22-13-23-19(17)25-12-11-21-14-25)24-26(15-7-3-1-4-8-15)16-9-5-2-6-10-16/h1-14H,20H2,(H,22,23,24). The van der Waals surface area contributed by atoms with Crippen LogP contribution in [0.25, 0.3) is 5.82 Å². The monoisotopic (exact) mass is 343 g/mol. The molecular formula is C19H17N7. The summed E-state index contributed by atoms with van der Waals surface area (Å²) in [7, 11) is 0. The van der Waals surface area contributed by atoms with E-state index in [1.54, 1.807) is 23.3 Å². The molecule has 0 aliphatic rings. The van der Waals surface area contributed by atoms with Gasteiger partial charge in [0.1, 0.15) is 18.3 Å². The highest BCUT2D eigenvalue weighted by Gasteiger charge is 2.14. The normalized spacial score (nSPS) is 10.5. The van der Waals surface area contributed by atoms with Crippen molar-refractivity contribution in [2.45, 2.75) is 0 Å². The van der Waals surface area contributed by atoms with Crippen LogP contribution in [0, 0.1) is 0 Å². The van der Waals surface area contributed by atoms with Crippen LogP contribution >= 0.6 is 0 Å². The Hall–Kier alpha value is -3.87. The van der Waals surface area contributed by atoms with Crippen molar-refractivity contribution in [2.75, 3.05) is 16.2 Å². The Bertz CT molecular complexity index is 930. The van der Waals surface area contributed by atoms with Crippen LogP contribution in [-0.2, 0) is 0 Å². The Morgan fingerprint density at radius 1 is 0.885 bits per heavy atom. The summed E-state index contributed by atoms with van der Waals surface area (Å²) in [6, 6.07) is 19.9. The van der Waals surface area contributed by atoms with E-state index in [4.69, 9.17) is 5.73 Å². The lowest BCUT2D eigenvalue weighted by Gasteiger charge is -2.26. The van der Waals surface area contributed by atoms with Crippen LogP contribution in [0.5, 0.6) is 0 Å². The molecule has 0 radical (unpaired) electrons. The van der Waals surface area contributed by atoms with Crippen molar-refractivity contribution in [1.29, 1.82) is 0 Å². The number of anilines is 4. The number of imidazole rings is 1. The maximum atomic E-state index is 6.32. The summed E-state index contributed by atoms with van der Waals surface area (Å²) in [5.41, 5.74) is 12.0. The van der Waals surface area contributed by atoms with Gasteiger partial charge in [0.15, 0.2) is 11.6 Å². The number of rotatable bonds is 5. The number of para-hydroxylation sites is 2. The van der Waals surface area contributed by atoms with Gasteiger partial charge in [-0.1, -0.05) is 36.4 Å². The largest absolute Gasteiger partial charge is 0.393 e. The third-order valence-electron chi connectivity index (χ3n) is 3.86. The molecule has 0 bridgehead atoms. The fourth-order valence-corrected chi connectivity index (χ4v) is 2.60. The van der Waals surface area contributed by atoms with Gasteiger partial charge in [-0.2, -0.15) is 0 Å². The first-order chi connectivity index (χ1) is 12.8. The van der Waals surface area contributed by atoms with Gasteiger partial charge in [-0.25, -0.2) is 15.0 Å². The molecule has 0 atom stereocenters. The molecule has 4 rings (SSSR count). The maximum Gasteiger partial charge on any atom is 0.173 e. The summed E-state index contributed by atoms with van der Waals surface area (Å²) in [4.78, 5) is 12.6. The van der Waals surface area contributed by atoms with E-state index in [1.165, 1.54) is 6.33 Å². The summed E-state index contributed by atoms with van der Waals surface area (Å²) < 4.78 is 1.75. The number of nitrogens with two attached hydrogens (primary N) is 1. The van der Waals surface area contributed by atoms with E-state index in [2.05, 4.69) is 20.4 Å². The van der Waals surface area contributed by atoms with Gasteiger partial charge in [-0.3, -0.25) is 15.0 Å². The first-order valence-corrected chi connectivity index (χ1v) is 8.08. The van der Waals surface area contributed by atoms with Crippen LogP contribution < -0.4 is 16.2 Å². The number of nitrogens with one attached hydrogen (secondary N) is 1. The fraction of sp³-hybridized carbons (Fsp3) is 0. The summed E-state index contributed by atoms with van der Waals surface area (Å²) >= 11 is 0. The minimum Gasteiger partial charge on any atom is -0.393 e. The molecule has 0 saturated heterocycles. The second-order valence-electron chi connectivity index (χ2n) is 5.55. The van der Waals surface area contributed by atoms with Gasteiger partial charge in [0.25, 0.3) is 0 Å². The fourth-order valence-electron chi connectivity index (χ4n) is 2.60. The minimum atomic E-state index is 0.433. The molecule has 0 fully saturated rings. The number of nitrogens with zero attached hydrogens (tertiary/aromatic N) is 5. The zero-order valence-corrected chi connectivity index (χ0v) is 13.9. The highest BCUT2D eigenvalue weighted by molar-refractivity contribution is 5.75. The smallest absolute Gasteiger partial charge is 0.173 e. The first-order valence-electron chi connectivity index (χ1n) is 8.08. The third-order valence-corrected chi connectivity index (χ3v) is 3.86. The highest BCUT2D eigenvalue weighted by Crippen LogP contribution is 2.28. The second-order valence-corrected chi connectivity index (χ2v) is 5.55. The zero-order valence-electron chi connectivity index (χ0n) is 13.9. The number of nitrogen functional groups attached to an aromatic ring is 1. The summed E-state index contributed by atoms with van der Waals surface area (Å²) in [5.74, 6) is 1.08. The topological polar surface area (TPSA) is 84.9 Å². The number of hydrogen-bond donors (Lipinski definition) is 2. The van der Waals surface area contributed by atoms with E-state index in [-0.39, 0.29) is 0 Å². The van der Waals surface area contributed by atoms with E-state index >= 15 is 0 Å². The molecule has 0 unspecified atom stereocenters. The number of hydrazine groups is 1. The lowest BCUT2D eigenvalue weighted by Crippen LogP contribution is -2.26. The number of benzene rings is 2. The molecule has 4 aromatic rings. The molecule has 26 heavy (non-hydrogen) atoms. The lowest BCUT2D eigenvalue weighted by atomic mass is 10.2. The van der Waals surface area contributed by atoms with Crippen molar-refractivity contribution in [2.24, 2.45) is 0 Å². The molecule has 0 amide bonds. The predicted octanol–water partition coefficient (Wildman–Crippen LogP) is 3.41. The molecule has 0 saturated carbocycles. The molecule has 128 valence electrons. The van der Waals surface area contributed by atoms with E-state index in [0.717, 1.165) is 11.4 Å². The average Bonchev–Trinajstić information content (AvgIpc) is 3.23. The van der Waals surface area contributed by atoms with E-state index in [9.17, 15) is 0 Å². The second kappa shape index (κ2) is 6.94. The van der Waals surface area contributed by atoms with Crippen LogP contribution in [-0.4, -0.2) is 19.5 Å². The van der Waals surface area contributed by atoms with Crippen LogP contribution in [0.15, 0.2) is 85.7 Å². The van der Waals surface area contributed by atoms with Crippen LogP contribution in [0.1, 0.15) is 0 Å². The van der Waals surface area contributed by atoms with Crippen LogP contribution in [0.3, 0.4) is 0 Å². The Kier molecular flexibility index (Phi) is 4.17. The van der Waals surface area contributed by atoms with Crippen LogP contribution in [0.4, 0.5) is 22.9 Å². The Morgan fingerprint density at radius 2 is 1.54 bits per heavy atom. The maximum absolute atomic E-state index is 6.32. The van der Waals surface area contributed by atoms with E-state index < -0.39 is 0 Å². The molecule has 3 N–H and O–H groups in total. The molecule has 2 aromatic heterocycles. The molecule has 0 spiro atoms. The zero-order chi connectivity index (χ0) is 17.8. The van der Waals surface area contributed by atoms with Gasteiger partial charge in [0.2, 0.25) is 0 Å². The molecule has 7 heteroatoms. The first kappa shape index (κ1) is 15.6. The third kappa shape index (κ3) is 3.05. The summed E-state index contributed by atoms with van der Waals surface area (Å²) in [6.07, 6.45) is 6.58. The SMILES string of the molecule is Nc1c(NN(c2ccccc2)c2ccccc2)ncnc1-n1ccnc1. The minimum absolute atomic E-state index is 0.433. The van der Waals surface area contributed by atoms with Crippen molar-refractivity contribution >= 4 is 22.9 Å². The van der Waals surface area contributed by atoms with Crippen molar-refractivity contribution in [3.8, 4) is 5.82 Å². The van der Waals surface area contributed by atoms with Crippen molar-refractivity contribution in [3.63, 3.8) is 0 Å². The van der Waals surface area contributed by atoms with Gasteiger partial charge in [-0.15, -0.1) is 0 Å². The van der Waals surface area contributed by atoms with Gasteiger partial charge in [-0.05, 0) is 24.3 Å². The quantitative estimate of drug-likeness (QED) is 0.540. The molecular weight excluding hydrogens is 326 g/mol. The lowest BCUT2D eigenvalue weighted by molar-refractivity contribution is 0.971. The molecule has 0 aliphatic heterocycles. The van der Waals surface area contributed by atoms with Gasteiger partial charge >= 0.3 is 0 Å². The van der Waals surface area contributed by atoms with Crippen molar-refractivity contribution in [1.82, 2.24) is 19.5 Å². The molecule has 2 aromatic carbocycles. The van der Waals surface area contributed by atoms with E-state index in [1.807, 2.05) is 65.7 Å². The Morgan fingerprint density at radius 3 is 2.12 bits per heavy atom.